The molecule has 1 aliphatic rings. The second-order valence-electron chi connectivity index (χ2n) is 8.45. The molecule has 1 amide bonds. The second kappa shape index (κ2) is 13.0. The van der Waals surface area contributed by atoms with Gasteiger partial charge in [0.25, 0.3) is 0 Å². The molecule has 0 aliphatic carbocycles. The molecule has 1 saturated heterocycles. The first kappa shape index (κ1) is 24.9. The van der Waals surface area contributed by atoms with E-state index in [1.165, 1.54) is 0 Å². The number of nitrogens with one attached hydrogen (secondary N) is 1. The standard InChI is InChI=1S/C28H31NO6/c30-28(31)29-24-19-33-25(20-32-16-21-10-4-1-5-11-21)27(35-18-23-14-8-3-9-15-23)26(24)34-17-22-12-6-2-7-13-22/h1-15,24-27,29H,16-20H2,(H,30,31)/t24-,25-,26-,27+/m1/s1. The minimum absolute atomic E-state index is 0.163. The predicted octanol–water partition coefficient (Wildman–Crippen LogP) is 4.41. The zero-order valence-electron chi connectivity index (χ0n) is 19.5. The van der Waals surface area contributed by atoms with Crippen LogP contribution < -0.4 is 5.32 Å². The number of benzene rings is 3. The van der Waals surface area contributed by atoms with Gasteiger partial charge in [-0.05, 0) is 16.7 Å². The minimum Gasteiger partial charge on any atom is -0.465 e. The summed E-state index contributed by atoms with van der Waals surface area (Å²) >= 11 is 0. The van der Waals surface area contributed by atoms with E-state index in [-0.39, 0.29) is 6.61 Å². The molecule has 0 radical (unpaired) electrons. The number of hydrogen-bond acceptors (Lipinski definition) is 5. The van der Waals surface area contributed by atoms with Crippen LogP contribution in [0.5, 0.6) is 0 Å². The number of carboxylic acid groups (broad SMARTS) is 1. The van der Waals surface area contributed by atoms with Crippen LogP contribution in [0.25, 0.3) is 0 Å². The fraction of sp³-hybridized carbons (Fsp3) is 0.321. The predicted molar refractivity (Wildman–Crippen MR) is 131 cm³/mol. The molecule has 4 rings (SSSR count). The Morgan fingerprint density at radius 3 is 1.77 bits per heavy atom. The molecule has 35 heavy (non-hydrogen) atoms. The molecule has 7 heteroatoms. The van der Waals surface area contributed by atoms with Crippen molar-refractivity contribution < 1.29 is 28.8 Å². The average Bonchev–Trinajstić information content (AvgIpc) is 2.89. The molecule has 4 atom stereocenters. The van der Waals surface area contributed by atoms with Crippen molar-refractivity contribution in [2.45, 2.75) is 44.2 Å². The second-order valence-corrected chi connectivity index (χ2v) is 8.45. The van der Waals surface area contributed by atoms with Crippen LogP contribution in [0.1, 0.15) is 16.7 Å². The molecule has 0 saturated carbocycles. The Labute approximate surface area is 205 Å². The quantitative estimate of drug-likeness (QED) is 0.426. The fourth-order valence-corrected chi connectivity index (χ4v) is 4.10. The summed E-state index contributed by atoms with van der Waals surface area (Å²) in [5, 5.41) is 12.0. The number of amides is 1. The largest absolute Gasteiger partial charge is 0.465 e. The topological polar surface area (TPSA) is 86.3 Å². The summed E-state index contributed by atoms with van der Waals surface area (Å²) < 4.78 is 24.7. The van der Waals surface area contributed by atoms with E-state index in [1.54, 1.807) is 0 Å². The molecule has 0 bridgehead atoms. The first-order valence-corrected chi connectivity index (χ1v) is 11.7. The zero-order chi connectivity index (χ0) is 24.3. The van der Waals surface area contributed by atoms with Crippen molar-refractivity contribution in [1.29, 1.82) is 0 Å². The molecular weight excluding hydrogens is 446 g/mol. The van der Waals surface area contributed by atoms with Crippen molar-refractivity contribution in [2.24, 2.45) is 0 Å². The highest BCUT2D eigenvalue weighted by molar-refractivity contribution is 5.65. The van der Waals surface area contributed by atoms with Crippen molar-refractivity contribution >= 4 is 6.09 Å². The van der Waals surface area contributed by atoms with Crippen LogP contribution in [-0.2, 0) is 38.8 Å². The molecule has 184 valence electrons. The minimum atomic E-state index is -1.13. The highest BCUT2D eigenvalue weighted by Crippen LogP contribution is 2.25. The molecule has 0 spiro atoms. The van der Waals surface area contributed by atoms with E-state index in [4.69, 9.17) is 18.9 Å². The highest BCUT2D eigenvalue weighted by Gasteiger charge is 2.43. The summed E-state index contributed by atoms with van der Waals surface area (Å²) in [6, 6.07) is 28.9. The highest BCUT2D eigenvalue weighted by atomic mass is 16.6. The van der Waals surface area contributed by atoms with Crippen molar-refractivity contribution in [2.75, 3.05) is 13.2 Å². The lowest BCUT2D eigenvalue weighted by atomic mass is 9.97. The van der Waals surface area contributed by atoms with Gasteiger partial charge in [0, 0.05) is 0 Å². The molecular formula is C28H31NO6. The van der Waals surface area contributed by atoms with Crippen LogP contribution in [0.4, 0.5) is 4.79 Å². The molecule has 1 fully saturated rings. The summed E-state index contributed by atoms with van der Waals surface area (Å²) in [6.45, 7) is 1.56. The van der Waals surface area contributed by atoms with E-state index >= 15 is 0 Å². The van der Waals surface area contributed by atoms with E-state index in [9.17, 15) is 9.90 Å². The third kappa shape index (κ3) is 7.63. The Bertz CT molecular complexity index is 1020. The summed E-state index contributed by atoms with van der Waals surface area (Å²) in [4.78, 5) is 11.5. The SMILES string of the molecule is O=C(O)N[C@@H]1CO[C@H](COCc2ccccc2)[C@H](OCc2ccccc2)[C@@H]1OCc1ccccc1. The van der Waals surface area contributed by atoms with Gasteiger partial charge in [0.1, 0.15) is 18.3 Å². The van der Waals surface area contributed by atoms with Gasteiger partial charge < -0.3 is 29.4 Å². The molecule has 2 N–H and O–H groups in total. The Hall–Kier alpha value is -3.23. The number of ether oxygens (including phenoxy) is 4. The zero-order valence-corrected chi connectivity index (χ0v) is 19.5. The van der Waals surface area contributed by atoms with Crippen molar-refractivity contribution in [1.82, 2.24) is 5.32 Å². The number of carbonyl (C=O) groups is 1. The van der Waals surface area contributed by atoms with Crippen molar-refractivity contribution in [3.05, 3.63) is 108 Å². The smallest absolute Gasteiger partial charge is 0.405 e. The van der Waals surface area contributed by atoms with Crippen LogP contribution >= 0.6 is 0 Å². The molecule has 1 heterocycles. The third-order valence-corrected chi connectivity index (χ3v) is 5.85. The van der Waals surface area contributed by atoms with Crippen molar-refractivity contribution in [3.63, 3.8) is 0 Å². The first-order valence-electron chi connectivity index (χ1n) is 11.7. The maximum absolute atomic E-state index is 11.5. The van der Waals surface area contributed by atoms with Gasteiger partial charge in [-0.25, -0.2) is 4.79 Å². The first-order chi connectivity index (χ1) is 17.2. The Morgan fingerprint density at radius 2 is 1.26 bits per heavy atom. The third-order valence-electron chi connectivity index (χ3n) is 5.85. The maximum Gasteiger partial charge on any atom is 0.405 e. The normalized spacial score (nSPS) is 21.9. The van der Waals surface area contributed by atoms with E-state index in [1.807, 2.05) is 91.0 Å². The summed E-state index contributed by atoms with van der Waals surface area (Å²) in [7, 11) is 0. The van der Waals surface area contributed by atoms with Crippen LogP contribution in [-0.4, -0.2) is 48.8 Å². The lowest BCUT2D eigenvalue weighted by molar-refractivity contribution is -0.207. The van der Waals surface area contributed by atoms with E-state index in [0.29, 0.717) is 26.4 Å². The van der Waals surface area contributed by atoms with Crippen molar-refractivity contribution in [3.8, 4) is 0 Å². The van der Waals surface area contributed by atoms with Gasteiger partial charge in [0.15, 0.2) is 0 Å². The molecule has 7 nitrogen and oxygen atoms in total. The van der Waals surface area contributed by atoms with Gasteiger partial charge in [-0.15, -0.1) is 0 Å². The van der Waals surface area contributed by atoms with Gasteiger partial charge in [0.05, 0.1) is 39.1 Å². The summed E-state index contributed by atoms with van der Waals surface area (Å²) in [6.07, 6.45) is -2.66. The van der Waals surface area contributed by atoms with Gasteiger partial charge in [-0.1, -0.05) is 91.0 Å². The lowest BCUT2D eigenvalue weighted by Gasteiger charge is -2.42. The monoisotopic (exact) mass is 477 g/mol. The van der Waals surface area contributed by atoms with E-state index in [2.05, 4.69) is 5.32 Å². The van der Waals surface area contributed by atoms with Crippen LogP contribution in [0.2, 0.25) is 0 Å². The molecule has 1 aliphatic heterocycles. The summed E-state index contributed by atoms with van der Waals surface area (Å²) in [5.74, 6) is 0. The van der Waals surface area contributed by atoms with Crippen LogP contribution in [0.15, 0.2) is 91.0 Å². The summed E-state index contributed by atoms with van der Waals surface area (Å²) in [5.41, 5.74) is 3.06. The molecule has 0 aromatic heterocycles. The Balaban J connectivity index is 1.49. The van der Waals surface area contributed by atoms with Gasteiger partial charge >= 0.3 is 6.09 Å². The van der Waals surface area contributed by atoms with Crippen LogP contribution in [0.3, 0.4) is 0 Å². The van der Waals surface area contributed by atoms with Gasteiger partial charge in [0.2, 0.25) is 0 Å². The number of rotatable bonds is 11. The number of hydrogen-bond donors (Lipinski definition) is 2. The fourth-order valence-electron chi connectivity index (χ4n) is 4.10. The lowest BCUT2D eigenvalue weighted by Crippen LogP contribution is -2.61. The molecule has 0 unspecified atom stereocenters. The molecule has 3 aromatic rings. The average molecular weight is 478 g/mol. The van der Waals surface area contributed by atoms with Gasteiger partial charge in [-0.2, -0.15) is 0 Å². The van der Waals surface area contributed by atoms with Gasteiger partial charge in [-0.3, -0.25) is 0 Å². The molecule has 3 aromatic carbocycles. The maximum atomic E-state index is 11.5. The van der Waals surface area contributed by atoms with E-state index in [0.717, 1.165) is 16.7 Å². The Morgan fingerprint density at radius 1 is 0.771 bits per heavy atom. The van der Waals surface area contributed by atoms with Crippen LogP contribution in [0, 0.1) is 0 Å². The van der Waals surface area contributed by atoms with E-state index < -0.39 is 30.4 Å². The Kier molecular flexibility index (Phi) is 9.25.